The molecule has 0 unspecified atom stereocenters. The third-order valence-electron chi connectivity index (χ3n) is 7.29. The van der Waals surface area contributed by atoms with Crippen LogP contribution in [0, 0.1) is 0 Å². The molecule has 2 fully saturated rings. The lowest BCUT2D eigenvalue weighted by Gasteiger charge is -2.42. The number of aliphatic hydroxyl groups is 6. The van der Waals surface area contributed by atoms with Gasteiger partial charge in [-0.2, -0.15) is 0 Å². The lowest BCUT2D eigenvalue weighted by atomic mass is 9.98. The maximum absolute atomic E-state index is 13.6. The summed E-state index contributed by atoms with van der Waals surface area (Å²) in [6, 6.07) is 5.24. The van der Waals surface area contributed by atoms with Crippen LogP contribution in [0.5, 0.6) is 28.7 Å². The van der Waals surface area contributed by atoms with Crippen LogP contribution in [-0.4, -0.2) is 119 Å². The van der Waals surface area contributed by atoms with Gasteiger partial charge >= 0.3 is 0 Å². The maximum Gasteiger partial charge on any atom is 0.239 e. The first-order valence-corrected chi connectivity index (χ1v) is 13.0. The molecule has 3 aromatic rings. The zero-order valence-electron chi connectivity index (χ0n) is 22.3. The zero-order valence-corrected chi connectivity index (χ0v) is 22.3. The zero-order chi connectivity index (χ0) is 31.3. The molecule has 0 radical (unpaired) electrons. The van der Waals surface area contributed by atoms with E-state index in [2.05, 4.69) is 0 Å². The first-order chi connectivity index (χ1) is 20.3. The number of phenols is 4. The van der Waals surface area contributed by atoms with Crippen LogP contribution in [0.4, 0.5) is 0 Å². The Hall–Kier alpha value is -3.71. The predicted octanol–water partition coefficient (Wildman–Crippen LogP) is -1.69. The predicted molar refractivity (Wildman–Crippen MR) is 140 cm³/mol. The molecule has 16 heteroatoms. The first kappa shape index (κ1) is 30.7. The van der Waals surface area contributed by atoms with Gasteiger partial charge < -0.3 is 74.4 Å². The number of phenolic OH excluding ortho intramolecular Hbond substituents is 4. The van der Waals surface area contributed by atoms with Crippen LogP contribution >= 0.6 is 0 Å². The molecule has 2 aliphatic rings. The molecule has 0 spiro atoms. The fourth-order valence-corrected chi connectivity index (χ4v) is 4.84. The van der Waals surface area contributed by atoms with Gasteiger partial charge in [-0.25, -0.2) is 0 Å². The van der Waals surface area contributed by atoms with Crippen molar-refractivity contribution in [2.75, 3.05) is 6.61 Å². The van der Waals surface area contributed by atoms with Gasteiger partial charge in [0, 0.05) is 17.7 Å². The van der Waals surface area contributed by atoms with Gasteiger partial charge in [0.15, 0.2) is 23.5 Å². The van der Waals surface area contributed by atoms with Crippen molar-refractivity contribution in [2.24, 2.45) is 0 Å². The number of aromatic hydroxyl groups is 4. The molecule has 0 bridgehead atoms. The first-order valence-electron chi connectivity index (χ1n) is 13.0. The number of aliphatic hydroxyl groups excluding tert-OH is 6. The Bertz CT molecular complexity index is 1540. The molecule has 16 nitrogen and oxygen atoms in total. The number of benzene rings is 2. The largest absolute Gasteiger partial charge is 0.508 e. The van der Waals surface area contributed by atoms with E-state index >= 15 is 0 Å². The molecule has 234 valence electrons. The highest BCUT2D eigenvalue weighted by Gasteiger charge is 2.47. The van der Waals surface area contributed by atoms with Crippen molar-refractivity contribution >= 4 is 11.0 Å². The van der Waals surface area contributed by atoms with Crippen molar-refractivity contribution in [1.29, 1.82) is 0 Å². The van der Waals surface area contributed by atoms with Crippen LogP contribution in [0.3, 0.4) is 0 Å². The molecule has 0 amide bonds. The molecule has 2 aliphatic heterocycles. The van der Waals surface area contributed by atoms with Gasteiger partial charge in [-0.05, 0) is 25.1 Å². The molecule has 0 aliphatic carbocycles. The molecule has 0 saturated carbocycles. The number of rotatable bonds is 6. The Labute approximate surface area is 241 Å². The normalized spacial score (nSPS) is 33.0. The second-order valence-corrected chi connectivity index (χ2v) is 10.3. The number of hydrogen-bond acceptors (Lipinski definition) is 16. The summed E-state index contributed by atoms with van der Waals surface area (Å²) in [7, 11) is 0. The van der Waals surface area contributed by atoms with Crippen molar-refractivity contribution in [3.05, 3.63) is 40.6 Å². The molecule has 5 rings (SSSR count). The van der Waals surface area contributed by atoms with E-state index in [-0.39, 0.29) is 11.1 Å². The molecule has 2 saturated heterocycles. The Kier molecular flexibility index (Phi) is 8.41. The molecular formula is C27H30O16. The van der Waals surface area contributed by atoms with Crippen LogP contribution in [-0.2, 0) is 14.2 Å². The van der Waals surface area contributed by atoms with E-state index in [0.717, 1.165) is 24.3 Å². The summed E-state index contributed by atoms with van der Waals surface area (Å²) in [6.45, 7) is 0.818. The number of hydrogen-bond donors (Lipinski definition) is 10. The van der Waals surface area contributed by atoms with Crippen LogP contribution in [0.25, 0.3) is 22.3 Å². The van der Waals surface area contributed by atoms with Crippen molar-refractivity contribution in [2.45, 2.75) is 68.3 Å². The Balaban J connectivity index is 1.48. The van der Waals surface area contributed by atoms with E-state index in [9.17, 15) is 55.9 Å². The summed E-state index contributed by atoms with van der Waals surface area (Å²) >= 11 is 0. The minimum atomic E-state index is -1.97. The van der Waals surface area contributed by atoms with Gasteiger partial charge in [0.2, 0.25) is 17.5 Å². The van der Waals surface area contributed by atoms with Gasteiger partial charge in [-0.15, -0.1) is 0 Å². The van der Waals surface area contributed by atoms with Crippen molar-refractivity contribution in [3.63, 3.8) is 0 Å². The van der Waals surface area contributed by atoms with E-state index in [0.29, 0.717) is 0 Å². The summed E-state index contributed by atoms with van der Waals surface area (Å²) in [6.07, 6.45) is -16.2. The number of ether oxygens (including phenoxy) is 4. The molecular weight excluding hydrogens is 580 g/mol. The Morgan fingerprint density at radius 3 is 2.12 bits per heavy atom. The van der Waals surface area contributed by atoms with Gasteiger partial charge in [0.05, 0.1) is 12.7 Å². The average Bonchev–Trinajstić information content (AvgIpc) is 2.96. The maximum atomic E-state index is 13.6. The fourth-order valence-electron chi connectivity index (χ4n) is 4.84. The van der Waals surface area contributed by atoms with Gasteiger partial charge in [-0.3, -0.25) is 4.79 Å². The smallest absolute Gasteiger partial charge is 0.239 e. The number of fused-ring (bicyclic) bond motifs is 1. The Morgan fingerprint density at radius 1 is 0.744 bits per heavy atom. The van der Waals surface area contributed by atoms with E-state index in [4.69, 9.17) is 23.4 Å². The van der Waals surface area contributed by atoms with Crippen molar-refractivity contribution in [3.8, 4) is 40.1 Å². The summed E-state index contributed by atoms with van der Waals surface area (Å²) in [5.41, 5.74) is -1.35. The van der Waals surface area contributed by atoms with Crippen LogP contribution in [0.15, 0.2) is 39.5 Å². The second-order valence-electron chi connectivity index (χ2n) is 10.3. The lowest BCUT2D eigenvalue weighted by molar-refractivity contribution is -0.318. The second kappa shape index (κ2) is 11.8. The highest BCUT2D eigenvalue weighted by Crippen LogP contribution is 2.39. The average molecular weight is 611 g/mol. The molecule has 1 aromatic heterocycles. The molecule has 43 heavy (non-hydrogen) atoms. The van der Waals surface area contributed by atoms with E-state index in [1.54, 1.807) is 0 Å². The lowest BCUT2D eigenvalue weighted by Crippen LogP contribution is -2.61. The van der Waals surface area contributed by atoms with Gasteiger partial charge in [0.1, 0.15) is 65.2 Å². The van der Waals surface area contributed by atoms with Crippen LogP contribution < -0.4 is 10.2 Å². The quantitative estimate of drug-likeness (QED) is 0.140. The highest BCUT2D eigenvalue weighted by molar-refractivity contribution is 5.88. The Morgan fingerprint density at radius 2 is 1.42 bits per heavy atom. The molecule has 10 atom stereocenters. The topological polar surface area (TPSA) is 269 Å². The molecule has 10 N–H and O–H groups in total. The summed E-state index contributed by atoms with van der Waals surface area (Å²) < 4.78 is 27.8. The van der Waals surface area contributed by atoms with Gasteiger partial charge in [0.25, 0.3) is 0 Å². The minimum absolute atomic E-state index is 0.0313. The van der Waals surface area contributed by atoms with Gasteiger partial charge in [-0.1, -0.05) is 0 Å². The van der Waals surface area contributed by atoms with E-state index in [1.165, 1.54) is 13.0 Å². The summed E-state index contributed by atoms with van der Waals surface area (Å²) in [4.78, 5) is 13.6. The SMILES string of the molecule is C[C@H]1O[C@@H](OC[C@@H]2O[C@H](Oc3c(-c4ccc(O)c(O)c4)oc4cc(O)cc(O)c4c3=O)[C@@H](O)[C@H](O)[C@H]2O)[C@H](O)[C@H](O)[C@@H]1O. The minimum Gasteiger partial charge on any atom is -0.508 e. The summed E-state index contributed by atoms with van der Waals surface area (Å²) in [5.74, 6) is -3.33. The standard InChI is InChI=1S/C27H30O16/c1-8-17(32)20(35)22(37)26(40-8)39-7-15-18(33)21(36)23(38)27(42-15)43-25-19(34)16-13(31)5-10(28)6-14(16)41-24(25)9-2-3-11(29)12(30)4-9/h2-6,8,15,17-18,20-23,26-33,35-38H,7H2,1H3/t8-,15+,17-,18+,20-,21-,22-,23+,26-,27-/m1/s1. The van der Waals surface area contributed by atoms with Crippen molar-refractivity contribution < 1.29 is 74.4 Å². The van der Waals surface area contributed by atoms with E-state index < -0.39 is 113 Å². The van der Waals surface area contributed by atoms with Crippen molar-refractivity contribution in [1.82, 2.24) is 0 Å². The van der Waals surface area contributed by atoms with Crippen LogP contribution in [0.2, 0.25) is 0 Å². The molecule has 3 heterocycles. The fraction of sp³-hybridized carbons (Fsp3) is 0.444. The van der Waals surface area contributed by atoms with E-state index in [1.807, 2.05) is 0 Å². The third kappa shape index (κ3) is 5.67. The van der Waals surface area contributed by atoms with Crippen LogP contribution in [0.1, 0.15) is 6.92 Å². The summed E-state index contributed by atoms with van der Waals surface area (Å²) in [5, 5.41) is 101. The monoisotopic (exact) mass is 610 g/mol. The molecule has 2 aromatic carbocycles. The highest BCUT2D eigenvalue weighted by atomic mass is 16.7. The third-order valence-corrected chi connectivity index (χ3v) is 7.29.